The monoisotopic (exact) mass is 293 g/mol. The molecule has 0 bridgehead atoms. The minimum absolute atomic E-state index is 0.358. The molecule has 112 valence electrons. The number of aliphatic hydroxyl groups is 3. The van der Waals surface area contributed by atoms with E-state index in [0.29, 0.717) is 10.8 Å². The molecule has 0 saturated carbocycles. The number of ether oxygens (including phenoxy) is 1. The minimum atomic E-state index is -2.46. The van der Waals surface area contributed by atoms with Gasteiger partial charge in [0.25, 0.3) is 0 Å². The SMILES string of the molecule is Nc1nc(=O)n([C@]2(O)CO[C@@](CO)(CF)[C@H]2O)cc1F. The van der Waals surface area contributed by atoms with E-state index in [9.17, 15) is 23.8 Å². The number of anilines is 1. The van der Waals surface area contributed by atoms with Crippen LogP contribution in [0.15, 0.2) is 11.0 Å². The first-order chi connectivity index (χ1) is 9.30. The average molecular weight is 293 g/mol. The fourth-order valence-electron chi connectivity index (χ4n) is 2.04. The summed E-state index contributed by atoms with van der Waals surface area (Å²) >= 11 is 0. The van der Waals surface area contributed by atoms with Crippen LogP contribution in [0.25, 0.3) is 0 Å². The number of nitrogens with two attached hydrogens (primary N) is 1. The lowest BCUT2D eigenvalue weighted by Crippen LogP contribution is -2.57. The van der Waals surface area contributed by atoms with Crippen molar-refractivity contribution in [2.45, 2.75) is 17.4 Å². The second-order valence-corrected chi connectivity index (χ2v) is 4.55. The Bertz CT molecular complexity index is 577. The molecule has 1 fully saturated rings. The van der Waals surface area contributed by atoms with E-state index in [2.05, 4.69) is 4.98 Å². The van der Waals surface area contributed by atoms with Crippen molar-refractivity contribution in [1.82, 2.24) is 9.55 Å². The summed E-state index contributed by atoms with van der Waals surface area (Å²) in [7, 11) is 0. The van der Waals surface area contributed by atoms with Gasteiger partial charge < -0.3 is 25.8 Å². The van der Waals surface area contributed by atoms with Crippen LogP contribution in [0.5, 0.6) is 0 Å². The molecule has 2 rings (SSSR count). The van der Waals surface area contributed by atoms with Crippen LogP contribution in [-0.2, 0) is 10.5 Å². The molecular weight excluding hydrogens is 280 g/mol. The Kier molecular flexibility index (Phi) is 3.50. The lowest BCUT2D eigenvalue weighted by molar-refractivity contribution is -0.141. The highest BCUT2D eigenvalue weighted by atomic mass is 19.1. The van der Waals surface area contributed by atoms with Crippen molar-refractivity contribution in [3.8, 4) is 0 Å². The zero-order valence-corrected chi connectivity index (χ0v) is 10.2. The van der Waals surface area contributed by atoms with Crippen molar-refractivity contribution >= 4 is 5.82 Å². The Morgan fingerprint density at radius 2 is 2.30 bits per heavy atom. The molecule has 1 aliphatic heterocycles. The van der Waals surface area contributed by atoms with E-state index in [1.807, 2.05) is 0 Å². The van der Waals surface area contributed by atoms with E-state index >= 15 is 0 Å². The van der Waals surface area contributed by atoms with E-state index < -0.39 is 54.6 Å². The summed E-state index contributed by atoms with van der Waals surface area (Å²) < 4.78 is 31.6. The fourth-order valence-corrected chi connectivity index (χ4v) is 2.04. The number of nitrogens with zero attached hydrogens (tertiary/aromatic N) is 2. The molecule has 0 amide bonds. The molecule has 8 nitrogen and oxygen atoms in total. The third kappa shape index (κ3) is 1.88. The Hall–Kier alpha value is -1.62. The second kappa shape index (κ2) is 4.74. The molecule has 10 heteroatoms. The highest BCUT2D eigenvalue weighted by Gasteiger charge is 2.59. The summed E-state index contributed by atoms with van der Waals surface area (Å²) in [6.07, 6.45) is -1.48. The summed E-state index contributed by atoms with van der Waals surface area (Å²) in [4.78, 5) is 14.8. The highest BCUT2D eigenvalue weighted by molar-refractivity contribution is 5.27. The zero-order valence-electron chi connectivity index (χ0n) is 10.2. The predicted molar refractivity (Wildman–Crippen MR) is 60.8 cm³/mol. The quantitative estimate of drug-likeness (QED) is 0.493. The van der Waals surface area contributed by atoms with Crippen LogP contribution in [0.2, 0.25) is 0 Å². The third-order valence-electron chi connectivity index (χ3n) is 3.33. The minimum Gasteiger partial charge on any atom is -0.393 e. The number of hydrogen-bond acceptors (Lipinski definition) is 7. The highest BCUT2D eigenvalue weighted by Crippen LogP contribution is 2.36. The summed E-state index contributed by atoms with van der Waals surface area (Å²) in [6.45, 7) is -2.98. The van der Waals surface area contributed by atoms with Crippen LogP contribution in [0.1, 0.15) is 0 Å². The molecule has 0 radical (unpaired) electrons. The maximum atomic E-state index is 13.4. The summed E-state index contributed by atoms with van der Waals surface area (Å²) in [6, 6.07) is 0. The number of alkyl halides is 1. The fraction of sp³-hybridized carbons (Fsp3) is 0.600. The maximum Gasteiger partial charge on any atom is 0.352 e. The molecule has 3 atom stereocenters. The lowest BCUT2D eigenvalue weighted by atomic mass is 9.94. The number of halogens is 2. The van der Waals surface area contributed by atoms with Gasteiger partial charge in [0, 0.05) is 0 Å². The van der Waals surface area contributed by atoms with Crippen molar-refractivity contribution in [1.29, 1.82) is 0 Å². The van der Waals surface area contributed by atoms with Crippen LogP contribution >= 0.6 is 0 Å². The topological polar surface area (TPSA) is 131 Å². The van der Waals surface area contributed by atoms with Gasteiger partial charge in [-0.3, -0.25) is 4.57 Å². The van der Waals surface area contributed by atoms with Gasteiger partial charge in [-0.2, -0.15) is 4.98 Å². The number of nitrogen functional groups attached to an aromatic ring is 1. The number of aliphatic hydroxyl groups excluding tert-OH is 2. The van der Waals surface area contributed by atoms with Gasteiger partial charge in [-0.15, -0.1) is 0 Å². The van der Waals surface area contributed by atoms with Crippen LogP contribution in [-0.4, -0.2) is 56.5 Å². The summed E-state index contributed by atoms with van der Waals surface area (Å²) in [5.41, 5.74) is -0.610. The maximum absolute atomic E-state index is 13.4. The standard InChI is InChI=1S/C10H13F2N3O5/c11-2-9(3-16)7(17)10(19,4-20-9)15-1-5(12)6(13)14-8(15)18/h1,7,16-17,19H,2-4H2,(H2,13,14,18)/t7-,9-,10+/m1/s1. The van der Waals surface area contributed by atoms with Gasteiger partial charge in [0.05, 0.1) is 19.4 Å². The van der Waals surface area contributed by atoms with Gasteiger partial charge in [0.1, 0.15) is 18.4 Å². The van der Waals surface area contributed by atoms with Gasteiger partial charge in [-0.25, -0.2) is 13.6 Å². The van der Waals surface area contributed by atoms with Gasteiger partial charge in [-0.05, 0) is 0 Å². The first-order valence-electron chi connectivity index (χ1n) is 5.57. The van der Waals surface area contributed by atoms with Crippen LogP contribution in [0.3, 0.4) is 0 Å². The number of rotatable bonds is 3. The Morgan fingerprint density at radius 1 is 1.65 bits per heavy atom. The third-order valence-corrected chi connectivity index (χ3v) is 3.33. The van der Waals surface area contributed by atoms with Gasteiger partial charge >= 0.3 is 5.69 Å². The largest absolute Gasteiger partial charge is 0.393 e. The average Bonchev–Trinajstić information content (AvgIpc) is 2.68. The molecular formula is C10H13F2N3O5. The van der Waals surface area contributed by atoms with E-state index in [1.165, 1.54) is 0 Å². The van der Waals surface area contributed by atoms with E-state index in [1.54, 1.807) is 0 Å². The molecule has 5 N–H and O–H groups in total. The Labute approximate surface area is 111 Å². The normalized spacial score (nSPS) is 33.5. The van der Waals surface area contributed by atoms with Crippen molar-refractivity contribution in [3.05, 3.63) is 22.5 Å². The van der Waals surface area contributed by atoms with Crippen molar-refractivity contribution in [2.24, 2.45) is 0 Å². The van der Waals surface area contributed by atoms with E-state index in [4.69, 9.17) is 15.6 Å². The summed E-state index contributed by atoms with van der Waals surface area (Å²) in [5.74, 6) is -1.78. The van der Waals surface area contributed by atoms with Crippen molar-refractivity contribution in [2.75, 3.05) is 25.6 Å². The zero-order chi connectivity index (χ0) is 15.1. The number of aromatic nitrogens is 2. The Morgan fingerprint density at radius 3 is 2.80 bits per heavy atom. The second-order valence-electron chi connectivity index (χ2n) is 4.55. The molecule has 1 aromatic rings. The van der Waals surface area contributed by atoms with E-state index in [0.717, 1.165) is 0 Å². The molecule has 0 spiro atoms. The van der Waals surface area contributed by atoms with E-state index in [-0.39, 0.29) is 0 Å². The molecule has 0 aliphatic carbocycles. The smallest absolute Gasteiger partial charge is 0.352 e. The van der Waals surface area contributed by atoms with Crippen LogP contribution < -0.4 is 11.4 Å². The first kappa shape index (κ1) is 14.8. The number of hydrogen-bond donors (Lipinski definition) is 4. The molecule has 1 saturated heterocycles. The lowest BCUT2D eigenvalue weighted by Gasteiger charge is -2.32. The molecule has 1 aromatic heterocycles. The predicted octanol–water partition coefficient (Wildman–Crippen LogP) is -2.30. The van der Waals surface area contributed by atoms with Crippen molar-refractivity contribution in [3.63, 3.8) is 0 Å². The van der Waals surface area contributed by atoms with Gasteiger partial charge in [0.2, 0.25) is 0 Å². The first-order valence-corrected chi connectivity index (χ1v) is 5.57. The molecule has 1 aliphatic rings. The van der Waals surface area contributed by atoms with Crippen LogP contribution in [0, 0.1) is 5.82 Å². The summed E-state index contributed by atoms with van der Waals surface area (Å²) in [5, 5.41) is 29.4. The Balaban J connectivity index is 2.53. The molecule has 0 unspecified atom stereocenters. The van der Waals surface area contributed by atoms with Crippen LogP contribution in [0.4, 0.5) is 14.6 Å². The van der Waals surface area contributed by atoms with Crippen molar-refractivity contribution < 1.29 is 28.8 Å². The molecule has 2 heterocycles. The molecule has 20 heavy (non-hydrogen) atoms. The molecule has 0 aromatic carbocycles. The van der Waals surface area contributed by atoms with Gasteiger partial charge in [0.15, 0.2) is 17.4 Å². The van der Waals surface area contributed by atoms with Gasteiger partial charge in [-0.1, -0.05) is 0 Å².